The summed E-state index contributed by atoms with van der Waals surface area (Å²) >= 11 is 1.33. The van der Waals surface area contributed by atoms with Crippen molar-refractivity contribution in [3.8, 4) is 15.6 Å². The first-order valence-electron chi connectivity index (χ1n) is 7.81. The van der Waals surface area contributed by atoms with Crippen LogP contribution in [0.3, 0.4) is 0 Å². The van der Waals surface area contributed by atoms with E-state index in [0.29, 0.717) is 23.3 Å². The van der Waals surface area contributed by atoms with Crippen molar-refractivity contribution in [2.45, 2.75) is 46.1 Å². The highest BCUT2D eigenvalue weighted by Crippen LogP contribution is 2.35. The Hall–Kier alpha value is -1.60. The zero-order valence-electron chi connectivity index (χ0n) is 14.3. The van der Waals surface area contributed by atoms with Crippen LogP contribution in [0.2, 0.25) is 0 Å². The quantitative estimate of drug-likeness (QED) is 0.789. The van der Waals surface area contributed by atoms with Crippen LogP contribution in [0, 0.1) is 12.8 Å². The molecule has 0 radical (unpaired) electrons. The summed E-state index contributed by atoms with van der Waals surface area (Å²) in [6, 6.07) is 3.09. The number of aryl methyl sites for hydroxylation is 1. The lowest BCUT2D eigenvalue weighted by molar-refractivity contribution is 0.146. The molecule has 0 bridgehead atoms. The van der Waals surface area contributed by atoms with Gasteiger partial charge in [0, 0.05) is 11.7 Å². The van der Waals surface area contributed by atoms with Gasteiger partial charge in [-0.1, -0.05) is 25.2 Å². The van der Waals surface area contributed by atoms with Crippen molar-refractivity contribution < 1.29 is 13.5 Å². The number of hydrogen-bond donors (Lipinski definition) is 1. The molecule has 0 amide bonds. The Bertz CT molecular complexity index is 686. The van der Waals surface area contributed by atoms with Crippen LogP contribution >= 0.6 is 11.3 Å². The van der Waals surface area contributed by atoms with E-state index < -0.39 is 12.0 Å². The van der Waals surface area contributed by atoms with Gasteiger partial charge in [-0.15, -0.1) is 0 Å². The fourth-order valence-corrected chi connectivity index (χ4v) is 3.54. The Morgan fingerprint density at radius 3 is 2.71 bits per heavy atom. The molecule has 7 heteroatoms. The third-order valence-corrected chi connectivity index (χ3v) is 4.56. The molecule has 0 saturated heterocycles. The average molecular weight is 355 g/mol. The Labute approximate surface area is 145 Å². The van der Waals surface area contributed by atoms with Gasteiger partial charge >= 0.3 is 0 Å². The third-order valence-electron chi connectivity index (χ3n) is 3.44. The highest BCUT2D eigenvalue weighted by Gasteiger charge is 2.22. The molecule has 0 saturated carbocycles. The van der Waals surface area contributed by atoms with Crippen molar-refractivity contribution in [3.63, 3.8) is 0 Å². The number of nitrogens with zero attached hydrogens (tertiary/aromatic N) is 2. The second kappa shape index (κ2) is 7.53. The van der Waals surface area contributed by atoms with Crippen molar-refractivity contribution >= 4 is 11.3 Å². The molecule has 0 aliphatic carbocycles. The standard InChI is InChI=1S/C17H23F2N3OS/c1-10(2)8-17(4,20)9-23-16-22-11(3)14(24-16)12-5-6-21-13(7-12)15(18)19/h5-7,10,15H,8-9,20H2,1-4H3/t17-/m0/s1. The number of hydrogen-bond acceptors (Lipinski definition) is 5. The van der Waals surface area contributed by atoms with E-state index in [0.717, 1.165) is 17.0 Å². The van der Waals surface area contributed by atoms with Crippen molar-refractivity contribution in [2.24, 2.45) is 11.7 Å². The second-order valence-corrected chi connectivity index (χ2v) is 7.67. The Balaban J connectivity index is 2.14. The van der Waals surface area contributed by atoms with Crippen LogP contribution in [-0.2, 0) is 0 Å². The first-order valence-corrected chi connectivity index (χ1v) is 8.63. The molecule has 0 fully saturated rings. The maximum Gasteiger partial charge on any atom is 0.280 e. The third kappa shape index (κ3) is 4.95. The minimum Gasteiger partial charge on any atom is -0.468 e. The molecular formula is C17H23F2N3OS. The van der Waals surface area contributed by atoms with Crippen molar-refractivity contribution in [1.82, 2.24) is 9.97 Å². The predicted octanol–water partition coefficient (Wildman–Crippen LogP) is 4.59. The zero-order chi connectivity index (χ0) is 17.9. The van der Waals surface area contributed by atoms with Gasteiger partial charge in [-0.2, -0.15) is 0 Å². The van der Waals surface area contributed by atoms with Crippen LogP contribution in [0.5, 0.6) is 5.19 Å². The fourth-order valence-electron chi connectivity index (χ4n) is 2.63. The van der Waals surface area contributed by atoms with Gasteiger partial charge in [0.05, 0.1) is 10.6 Å². The lowest BCUT2D eigenvalue weighted by Crippen LogP contribution is -2.43. The van der Waals surface area contributed by atoms with Gasteiger partial charge in [0.2, 0.25) is 0 Å². The second-order valence-electron chi connectivity index (χ2n) is 6.71. The first kappa shape index (κ1) is 18.7. The van der Waals surface area contributed by atoms with Gasteiger partial charge in [-0.25, -0.2) is 13.8 Å². The maximum atomic E-state index is 12.8. The van der Waals surface area contributed by atoms with E-state index in [1.54, 1.807) is 6.07 Å². The van der Waals surface area contributed by atoms with Crippen molar-refractivity contribution in [2.75, 3.05) is 6.61 Å². The molecule has 0 spiro atoms. The van der Waals surface area contributed by atoms with E-state index in [9.17, 15) is 8.78 Å². The van der Waals surface area contributed by atoms with E-state index in [1.807, 2.05) is 13.8 Å². The summed E-state index contributed by atoms with van der Waals surface area (Å²) in [7, 11) is 0. The van der Waals surface area contributed by atoms with E-state index in [-0.39, 0.29) is 5.69 Å². The summed E-state index contributed by atoms with van der Waals surface area (Å²) < 4.78 is 31.4. The van der Waals surface area contributed by atoms with E-state index in [4.69, 9.17) is 10.5 Å². The van der Waals surface area contributed by atoms with Gasteiger partial charge in [-0.3, -0.25) is 4.98 Å². The van der Waals surface area contributed by atoms with Crippen LogP contribution in [0.4, 0.5) is 8.78 Å². The molecule has 2 heterocycles. The van der Waals surface area contributed by atoms with E-state index >= 15 is 0 Å². The molecule has 24 heavy (non-hydrogen) atoms. The lowest BCUT2D eigenvalue weighted by atomic mass is 9.93. The molecular weight excluding hydrogens is 332 g/mol. The first-order chi connectivity index (χ1) is 11.2. The van der Waals surface area contributed by atoms with Crippen LogP contribution in [0.15, 0.2) is 18.3 Å². The zero-order valence-corrected chi connectivity index (χ0v) is 15.2. The molecule has 2 aromatic rings. The van der Waals surface area contributed by atoms with Crippen LogP contribution in [0.1, 0.15) is 45.0 Å². The topological polar surface area (TPSA) is 61.0 Å². The summed E-state index contributed by atoms with van der Waals surface area (Å²) in [6.45, 7) is 8.36. The van der Waals surface area contributed by atoms with Crippen molar-refractivity contribution in [3.05, 3.63) is 29.7 Å². The Morgan fingerprint density at radius 2 is 2.08 bits per heavy atom. The fraction of sp³-hybridized carbons (Fsp3) is 0.529. The largest absolute Gasteiger partial charge is 0.468 e. The molecule has 2 N–H and O–H groups in total. The molecule has 1 atom stereocenters. The van der Waals surface area contributed by atoms with Gasteiger partial charge in [0.25, 0.3) is 11.6 Å². The normalized spacial score (nSPS) is 14.2. The number of nitrogens with two attached hydrogens (primary N) is 1. The smallest absolute Gasteiger partial charge is 0.280 e. The maximum absolute atomic E-state index is 12.8. The van der Waals surface area contributed by atoms with Gasteiger partial charge in [0.1, 0.15) is 12.3 Å². The minimum absolute atomic E-state index is 0.241. The van der Waals surface area contributed by atoms with Crippen LogP contribution in [-0.4, -0.2) is 22.1 Å². The van der Waals surface area contributed by atoms with Gasteiger partial charge in [-0.05, 0) is 43.9 Å². The SMILES string of the molecule is Cc1nc(OC[C@@](C)(N)CC(C)C)sc1-c1ccnc(C(F)F)c1. The Morgan fingerprint density at radius 1 is 1.38 bits per heavy atom. The average Bonchev–Trinajstić information content (AvgIpc) is 2.85. The monoisotopic (exact) mass is 355 g/mol. The van der Waals surface area contributed by atoms with Crippen LogP contribution < -0.4 is 10.5 Å². The summed E-state index contributed by atoms with van der Waals surface area (Å²) in [5.41, 5.74) is 6.97. The molecule has 0 aliphatic heterocycles. The summed E-state index contributed by atoms with van der Waals surface area (Å²) in [5, 5.41) is 0.498. The number of pyridine rings is 1. The molecule has 132 valence electrons. The van der Waals surface area contributed by atoms with Gasteiger partial charge < -0.3 is 10.5 Å². The van der Waals surface area contributed by atoms with Gasteiger partial charge in [0.15, 0.2) is 0 Å². The van der Waals surface area contributed by atoms with Crippen molar-refractivity contribution in [1.29, 1.82) is 0 Å². The highest BCUT2D eigenvalue weighted by molar-refractivity contribution is 7.17. The van der Waals surface area contributed by atoms with Crippen LogP contribution in [0.25, 0.3) is 10.4 Å². The predicted molar refractivity (Wildman–Crippen MR) is 92.6 cm³/mol. The molecule has 4 nitrogen and oxygen atoms in total. The molecule has 2 aromatic heterocycles. The number of halogens is 2. The molecule has 0 aliphatic rings. The molecule has 0 aromatic carbocycles. The minimum atomic E-state index is -2.59. The summed E-state index contributed by atoms with van der Waals surface area (Å²) in [4.78, 5) is 8.86. The molecule has 0 unspecified atom stereocenters. The number of aromatic nitrogens is 2. The molecule has 2 rings (SSSR count). The number of alkyl halides is 2. The number of rotatable bonds is 7. The highest BCUT2D eigenvalue weighted by atomic mass is 32.1. The summed E-state index contributed by atoms with van der Waals surface area (Å²) in [6.07, 6.45) is -0.370. The lowest BCUT2D eigenvalue weighted by Gasteiger charge is -2.25. The number of thiazole rings is 1. The van der Waals surface area contributed by atoms with E-state index in [1.165, 1.54) is 23.6 Å². The number of ether oxygens (including phenoxy) is 1. The summed E-state index contributed by atoms with van der Waals surface area (Å²) in [5.74, 6) is 0.474. The van der Waals surface area contributed by atoms with E-state index in [2.05, 4.69) is 23.8 Å². The Kier molecular flexibility index (Phi) is 5.87.